The van der Waals surface area contributed by atoms with Crippen molar-refractivity contribution in [1.82, 2.24) is 24.3 Å². The Bertz CT molecular complexity index is 1010. The Balaban J connectivity index is 1.59. The molecule has 0 bridgehead atoms. The summed E-state index contributed by atoms with van der Waals surface area (Å²) in [6.07, 6.45) is 3.18. The van der Waals surface area contributed by atoms with Crippen LogP contribution in [0.15, 0.2) is 48.8 Å². The van der Waals surface area contributed by atoms with Crippen LogP contribution in [0.1, 0.15) is 16.2 Å². The summed E-state index contributed by atoms with van der Waals surface area (Å²) in [5, 5.41) is 0. The van der Waals surface area contributed by atoms with Gasteiger partial charge in [-0.3, -0.25) is 14.6 Å². The number of ether oxygens (including phenoxy) is 1. The van der Waals surface area contributed by atoms with Crippen LogP contribution in [0.4, 0.5) is 0 Å². The van der Waals surface area contributed by atoms with E-state index in [1.54, 1.807) is 36.5 Å². The summed E-state index contributed by atoms with van der Waals surface area (Å²) in [4.78, 5) is 37.6. The highest BCUT2D eigenvalue weighted by atomic mass is 16.5. The Morgan fingerprint density at radius 2 is 1.93 bits per heavy atom. The summed E-state index contributed by atoms with van der Waals surface area (Å²) < 4.78 is 7.24. The number of aromatic nitrogens is 3. The topological polar surface area (TPSA) is 80.6 Å². The van der Waals surface area contributed by atoms with Gasteiger partial charge in [0.05, 0.1) is 36.4 Å². The maximum Gasteiger partial charge on any atom is 0.255 e. The van der Waals surface area contributed by atoms with Gasteiger partial charge >= 0.3 is 0 Å². The molecule has 3 heterocycles. The molecule has 1 aliphatic heterocycles. The lowest BCUT2D eigenvalue weighted by atomic mass is 10.2. The zero-order valence-electron chi connectivity index (χ0n) is 16.3. The van der Waals surface area contributed by atoms with E-state index in [9.17, 15) is 9.59 Å². The quantitative estimate of drug-likeness (QED) is 0.657. The number of fused-ring (bicyclic) bond motifs is 1. The molecule has 2 amide bonds. The van der Waals surface area contributed by atoms with Gasteiger partial charge in [-0.2, -0.15) is 0 Å². The maximum absolute atomic E-state index is 12.8. The fourth-order valence-electron chi connectivity index (χ4n) is 3.46. The molecule has 0 radical (unpaired) electrons. The number of rotatable bonds is 5. The van der Waals surface area contributed by atoms with Crippen molar-refractivity contribution in [2.45, 2.75) is 13.1 Å². The van der Waals surface area contributed by atoms with Crippen LogP contribution < -0.4 is 0 Å². The molecule has 0 spiro atoms. The number of benzene rings is 1. The second-order valence-electron chi connectivity index (χ2n) is 7.00. The standard InChI is InChI=1S/C21H23N5O3/c1-24(21(28)16-5-4-8-22-13-16)14-19-23-17-6-2-3-7-18(17)26(19)15-20(27)25-9-11-29-12-10-25/h2-8,13H,9-12,14-15H2,1H3. The van der Waals surface area contributed by atoms with Gasteiger partial charge in [-0.1, -0.05) is 12.1 Å². The van der Waals surface area contributed by atoms with Gasteiger partial charge in [-0.25, -0.2) is 4.98 Å². The number of nitrogens with zero attached hydrogens (tertiary/aromatic N) is 5. The zero-order valence-corrected chi connectivity index (χ0v) is 16.3. The first kappa shape index (κ1) is 19.1. The molecular formula is C21H23N5O3. The summed E-state index contributed by atoms with van der Waals surface area (Å²) in [5.41, 5.74) is 2.20. The molecule has 0 unspecified atom stereocenters. The lowest BCUT2D eigenvalue weighted by Gasteiger charge is -2.27. The average molecular weight is 393 g/mol. The predicted octanol–water partition coefficient (Wildman–Crippen LogP) is 1.56. The number of carbonyl (C=O) groups is 2. The van der Waals surface area contributed by atoms with Gasteiger partial charge in [0.25, 0.3) is 5.91 Å². The van der Waals surface area contributed by atoms with Crippen molar-refractivity contribution in [2.75, 3.05) is 33.4 Å². The predicted molar refractivity (Wildman–Crippen MR) is 107 cm³/mol. The van der Waals surface area contributed by atoms with E-state index in [2.05, 4.69) is 9.97 Å². The molecule has 2 aromatic heterocycles. The van der Waals surface area contributed by atoms with Crippen LogP contribution in [-0.4, -0.2) is 69.5 Å². The van der Waals surface area contributed by atoms with Gasteiger partial charge in [0.2, 0.25) is 5.91 Å². The maximum atomic E-state index is 12.8. The number of hydrogen-bond acceptors (Lipinski definition) is 5. The van der Waals surface area contributed by atoms with E-state index >= 15 is 0 Å². The number of carbonyl (C=O) groups excluding carboxylic acids is 2. The van der Waals surface area contributed by atoms with E-state index in [4.69, 9.17) is 4.74 Å². The molecular weight excluding hydrogens is 370 g/mol. The molecule has 4 rings (SSSR count). The minimum absolute atomic E-state index is 0.0268. The number of pyridine rings is 1. The van der Waals surface area contributed by atoms with Crippen molar-refractivity contribution < 1.29 is 14.3 Å². The van der Waals surface area contributed by atoms with Gasteiger partial charge in [-0.15, -0.1) is 0 Å². The van der Waals surface area contributed by atoms with Gasteiger partial charge in [0.15, 0.2) is 0 Å². The molecule has 1 aliphatic rings. The SMILES string of the molecule is CN(Cc1nc2ccccc2n1CC(=O)N1CCOCC1)C(=O)c1cccnc1. The van der Waals surface area contributed by atoms with Gasteiger partial charge < -0.3 is 19.1 Å². The van der Waals surface area contributed by atoms with E-state index in [1.165, 1.54) is 0 Å². The van der Waals surface area contributed by atoms with Crippen LogP contribution in [0, 0.1) is 0 Å². The largest absolute Gasteiger partial charge is 0.378 e. The summed E-state index contributed by atoms with van der Waals surface area (Å²) in [6.45, 7) is 2.79. The molecule has 0 saturated carbocycles. The molecule has 0 N–H and O–H groups in total. The molecule has 3 aromatic rings. The summed E-state index contributed by atoms with van der Waals surface area (Å²) >= 11 is 0. The Morgan fingerprint density at radius 1 is 1.14 bits per heavy atom. The van der Waals surface area contributed by atoms with Crippen LogP contribution in [0.3, 0.4) is 0 Å². The number of hydrogen-bond donors (Lipinski definition) is 0. The third kappa shape index (κ3) is 4.12. The van der Waals surface area contributed by atoms with Crippen molar-refractivity contribution in [1.29, 1.82) is 0 Å². The summed E-state index contributed by atoms with van der Waals surface area (Å²) in [6, 6.07) is 11.2. The fourth-order valence-corrected chi connectivity index (χ4v) is 3.46. The highest BCUT2D eigenvalue weighted by molar-refractivity contribution is 5.93. The monoisotopic (exact) mass is 393 g/mol. The second-order valence-corrected chi connectivity index (χ2v) is 7.00. The van der Waals surface area contributed by atoms with E-state index in [0.717, 1.165) is 11.0 Å². The lowest BCUT2D eigenvalue weighted by Crippen LogP contribution is -2.42. The van der Waals surface area contributed by atoms with Gasteiger partial charge in [0.1, 0.15) is 12.4 Å². The second kappa shape index (κ2) is 8.40. The van der Waals surface area contributed by atoms with E-state index in [0.29, 0.717) is 44.2 Å². The van der Waals surface area contributed by atoms with Crippen molar-refractivity contribution in [3.8, 4) is 0 Å². The van der Waals surface area contributed by atoms with Crippen LogP contribution in [0.5, 0.6) is 0 Å². The van der Waals surface area contributed by atoms with Gasteiger partial charge in [0, 0.05) is 32.5 Å². The third-order valence-corrected chi connectivity index (χ3v) is 5.02. The number of para-hydroxylation sites is 2. The van der Waals surface area contributed by atoms with E-state index in [-0.39, 0.29) is 18.4 Å². The molecule has 1 saturated heterocycles. The molecule has 8 heteroatoms. The number of amides is 2. The molecule has 0 atom stereocenters. The van der Waals surface area contributed by atoms with Crippen molar-refractivity contribution in [3.63, 3.8) is 0 Å². The number of imidazole rings is 1. The Kier molecular flexibility index (Phi) is 5.53. The smallest absolute Gasteiger partial charge is 0.255 e. The third-order valence-electron chi connectivity index (χ3n) is 5.02. The molecule has 8 nitrogen and oxygen atoms in total. The zero-order chi connectivity index (χ0) is 20.2. The molecule has 29 heavy (non-hydrogen) atoms. The highest BCUT2D eigenvalue weighted by Gasteiger charge is 2.22. The highest BCUT2D eigenvalue weighted by Crippen LogP contribution is 2.18. The molecule has 1 aromatic carbocycles. The average Bonchev–Trinajstić information content (AvgIpc) is 3.11. The molecule has 1 fully saturated rings. The van der Waals surface area contributed by atoms with E-state index < -0.39 is 0 Å². The Morgan fingerprint density at radius 3 is 2.69 bits per heavy atom. The lowest BCUT2D eigenvalue weighted by molar-refractivity contribution is -0.135. The fraction of sp³-hybridized carbons (Fsp3) is 0.333. The van der Waals surface area contributed by atoms with Crippen LogP contribution >= 0.6 is 0 Å². The first-order chi connectivity index (χ1) is 14.1. The Hall–Kier alpha value is -3.26. The van der Waals surface area contributed by atoms with Crippen molar-refractivity contribution in [2.24, 2.45) is 0 Å². The van der Waals surface area contributed by atoms with Gasteiger partial charge in [-0.05, 0) is 24.3 Å². The van der Waals surface area contributed by atoms with Crippen molar-refractivity contribution in [3.05, 3.63) is 60.2 Å². The van der Waals surface area contributed by atoms with Crippen LogP contribution in [-0.2, 0) is 22.6 Å². The van der Waals surface area contributed by atoms with E-state index in [1.807, 2.05) is 33.7 Å². The van der Waals surface area contributed by atoms with Crippen LogP contribution in [0.25, 0.3) is 11.0 Å². The molecule has 150 valence electrons. The first-order valence-corrected chi connectivity index (χ1v) is 9.58. The summed E-state index contributed by atoms with van der Waals surface area (Å²) in [7, 11) is 1.73. The number of morpholine rings is 1. The minimum atomic E-state index is -0.142. The van der Waals surface area contributed by atoms with Crippen molar-refractivity contribution >= 4 is 22.8 Å². The minimum Gasteiger partial charge on any atom is -0.378 e. The molecule has 0 aliphatic carbocycles. The summed E-state index contributed by atoms with van der Waals surface area (Å²) in [5.74, 6) is 0.558. The van der Waals surface area contributed by atoms with Crippen LogP contribution in [0.2, 0.25) is 0 Å². The Labute approximate surface area is 168 Å². The first-order valence-electron chi connectivity index (χ1n) is 9.58. The normalized spacial score (nSPS) is 14.2.